The summed E-state index contributed by atoms with van der Waals surface area (Å²) in [6, 6.07) is 0.299. The Morgan fingerprint density at radius 1 is 1.18 bits per heavy atom. The number of fused-ring (bicyclic) bond motifs is 2. The van der Waals surface area contributed by atoms with Gasteiger partial charge < -0.3 is 20.8 Å². The zero-order valence-corrected chi connectivity index (χ0v) is 21.0. The average molecular weight is 478 g/mol. The number of carbonyl (C=O) groups is 2. The van der Waals surface area contributed by atoms with Crippen LogP contribution in [0, 0.1) is 16.7 Å². The van der Waals surface area contributed by atoms with Crippen molar-refractivity contribution in [3.63, 3.8) is 0 Å². The Hall–Kier alpha value is -1.51. The van der Waals surface area contributed by atoms with E-state index in [9.17, 15) is 19.8 Å². The van der Waals surface area contributed by atoms with Gasteiger partial charge >= 0.3 is 0 Å². The fourth-order valence-corrected chi connectivity index (χ4v) is 7.20. The van der Waals surface area contributed by atoms with Crippen LogP contribution >= 0.6 is 11.3 Å². The van der Waals surface area contributed by atoms with Crippen LogP contribution in [-0.2, 0) is 16.0 Å². The second-order valence-electron chi connectivity index (χ2n) is 10.9. The quantitative estimate of drug-likeness (QED) is 0.405. The van der Waals surface area contributed by atoms with Crippen molar-refractivity contribution in [2.24, 2.45) is 16.7 Å². The summed E-state index contributed by atoms with van der Waals surface area (Å²) >= 11 is 1.49. The number of nitrogens with zero attached hydrogens (tertiary/aromatic N) is 1. The number of anilines is 1. The molecule has 0 aromatic carbocycles. The molecule has 1 heterocycles. The van der Waals surface area contributed by atoms with Crippen molar-refractivity contribution in [1.82, 2.24) is 10.3 Å². The summed E-state index contributed by atoms with van der Waals surface area (Å²) in [6.45, 7) is 6.20. The summed E-state index contributed by atoms with van der Waals surface area (Å²) in [6.07, 6.45) is 7.39. The molecule has 4 rings (SSSR count). The van der Waals surface area contributed by atoms with E-state index in [2.05, 4.69) is 24.5 Å². The molecular weight excluding hydrogens is 438 g/mol. The summed E-state index contributed by atoms with van der Waals surface area (Å²) in [5, 5.41) is 27.9. The van der Waals surface area contributed by atoms with Gasteiger partial charge in [-0.05, 0) is 49.9 Å². The maximum atomic E-state index is 12.9. The number of thiazole rings is 1. The topological polar surface area (TPSA) is 112 Å². The lowest BCUT2D eigenvalue weighted by atomic mass is 9.47. The minimum absolute atomic E-state index is 0.0168. The van der Waals surface area contributed by atoms with Crippen molar-refractivity contribution < 1.29 is 19.8 Å². The largest absolute Gasteiger partial charge is 0.396 e. The van der Waals surface area contributed by atoms with Crippen LogP contribution in [-0.4, -0.2) is 45.8 Å². The Morgan fingerprint density at radius 2 is 1.94 bits per heavy atom. The van der Waals surface area contributed by atoms with Crippen molar-refractivity contribution in [2.45, 2.75) is 103 Å². The second kappa shape index (κ2) is 9.62. The van der Waals surface area contributed by atoms with Gasteiger partial charge in [0.25, 0.3) is 0 Å². The van der Waals surface area contributed by atoms with Gasteiger partial charge in [0.05, 0.1) is 18.4 Å². The summed E-state index contributed by atoms with van der Waals surface area (Å²) in [7, 11) is 0. The van der Waals surface area contributed by atoms with Crippen LogP contribution in [0.25, 0.3) is 0 Å². The third-order valence-corrected chi connectivity index (χ3v) is 9.49. The lowest BCUT2D eigenvalue weighted by Gasteiger charge is -2.58. The van der Waals surface area contributed by atoms with Crippen LogP contribution in [0.4, 0.5) is 5.13 Å². The maximum Gasteiger partial charge on any atom is 0.226 e. The molecule has 4 N–H and O–H groups in total. The summed E-state index contributed by atoms with van der Waals surface area (Å²) in [5.74, 6) is -0.0500. The highest BCUT2D eigenvalue weighted by Crippen LogP contribution is 2.62. The molecule has 184 valence electrons. The molecule has 1 aromatic rings. The van der Waals surface area contributed by atoms with Crippen LogP contribution < -0.4 is 10.6 Å². The molecule has 2 fully saturated rings. The van der Waals surface area contributed by atoms with E-state index in [1.54, 1.807) is 0 Å². The van der Waals surface area contributed by atoms with Crippen molar-refractivity contribution >= 4 is 28.3 Å². The van der Waals surface area contributed by atoms with E-state index in [0.29, 0.717) is 36.9 Å². The maximum absolute atomic E-state index is 12.9. The Bertz CT molecular complexity index is 885. The highest BCUT2D eigenvalue weighted by atomic mass is 32.1. The van der Waals surface area contributed by atoms with E-state index < -0.39 is 11.5 Å². The van der Waals surface area contributed by atoms with Gasteiger partial charge in [-0.15, -0.1) is 11.3 Å². The molecule has 0 bridgehead atoms. The highest BCUT2D eigenvalue weighted by molar-refractivity contribution is 7.15. The lowest BCUT2D eigenvalue weighted by molar-refractivity contribution is -0.144. The van der Waals surface area contributed by atoms with E-state index >= 15 is 0 Å². The number of amides is 2. The molecule has 0 aliphatic heterocycles. The Balaban J connectivity index is 1.63. The molecule has 3 aliphatic carbocycles. The van der Waals surface area contributed by atoms with Crippen LogP contribution in [0.1, 0.15) is 95.0 Å². The summed E-state index contributed by atoms with van der Waals surface area (Å²) in [4.78, 5) is 31.3. The zero-order chi connectivity index (χ0) is 23.8. The van der Waals surface area contributed by atoms with Crippen LogP contribution in [0.2, 0.25) is 0 Å². The third kappa shape index (κ3) is 4.84. The molecule has 0 unspecified atom stereocenters. The zero-order valence-electron chi connectivity index (χ0n) is 20.2. The molecule has 0 spiro atoms. The Labute approximate surface area is 200 Å². The van der Waals surface area contributed by atoms with E-state index in [-0.39, 0.29) is 35.7 Å². The van der Waals surface area contributed by atoms with Crippen LogP contribution in [0.5, 0.6) is 0 Å². The van der Waals surface area contributed by atoms with Gasteiger partial charge in [0, 0.05) is 35.1 Å². The number of aliphatic hydroxyl groups is 2. The molecule has 3 aliphatic rings. The standard InChI is InChI=1S/C25H39N3O4S/c1-4-5-6-7-20(31)27-23-28-22-16(12-21(32)26-15-8-9-15)24(2)11-10-19(30)25(3,14-29)18(24)13-17(22)33-23/h15-16,18-19,29-30H,4-14H2,1-3H3,(H,26,32)(H,27,28,31)/t16-,18+,19-,24+,25+/m1/s1. The first-order valence-corrected chi connectivity index (χ1v) is 13.4. The number of hydrogen-bond acceptors (Lipinski definition) is 6. The minimum atomic E-state index is -0.635. The van der Waals surface area contributed by atoms with Crippen LogP contribution in [0.15, 0.2) is 0 Å². The third-order valence-electron chi connectivity index (χ3n) is 8.48. The molecule has 2 saturated carbocycles. The predicted molar refractivity (Wildman–Crippen MR) is 129 cm³/mol. The monoisotopic (exact) mass is 477 g/mol. The van der Waals surface area contributed by atoms with E-state index in [4.69, 9.17) is 4.98 Å². The fourth-order valence-electron chi connectivity index (χ4n) is 6.12. The average Bonchev–Trinajstić information content (AvgIpc) is 3.50. The molecular formula is C25H39N3O4S. The molecule has 5 atom stereocenters. The van der Waals surface area contributed by atoms with Gasteiger partial charge in [0.15, 0.2) is 5.13 Å². The number of aromatic nitrogens is 1. The summed E-state index contributed by atoms with van der Waals surface area (Å²) < 4.78 is 0. The minimum Gasteiger partial charge on any atom is -0.396 e. The molecule has 7 nitrogen and oxygen atoms in total. The van der Waals surface area contributed by atoms with E-state index in [1.165, 1.54) is 11.3 Å². The van der Waals surface area contributed by atoms with Crippen molar-refractivity contribution in [1.29, 1.82) is 0 Å². The first-order valence-electron chi connectivity index (χ1n) is 12.6. The Morgan fingerprint density at radius 3 is 2.61 bits per heavy atom. The van der Waals surface area contributed by atoms with Crippen molar-refractivity contribution in [2.75, 3.05) is 11.9 Å². The van der Waals surface area contributed by atoms with Gasteiger partial charge in [-0.25, -0.2) is 4.98 Å². The van der Waals surface area contributed by atoms with Gasteiger partial charge in [-0.3, -0.25) is 9.59 Å². The van der Waals surface area contributed by atoms with Crippen molar-refractivity contribution in [3.8, 4) is 0 Å². The number of carbonyl (C=O) groups excluding carboxylic acids is 2. The van der Waals surface area contributed by atoms with E-state index in [1.807, 2.05) is 6.92 Å². The molecule has 0 saturated heterocycles. The van der Waals surface area contributed by atoms with E-state index in [0.717, 1.165) is 49.1 Å². The van der Waals surface area contributed by atoms with Gasteiger partial charge in [-0.2, -0.15) is 0 Å². The number of hydrogen-bond donors (Lipinski definition) is 4. The second-order valence-corrected chi connectivity index (χ2v) is 12.0. The van der Waals surface area contributed by atoms with Gasteiger partial charge in [0.1, 0.15) is 0 Å². The van der Waals surface area contributed by atoms with Crippen LogP contribution in [0.3, 0.4) is 0 Å². The molecule has 2 amide bonds. The predicted octanol–water partition coefficient (Wildman–Crippen LogP) is 3.75. The fraction of sp³-hybridized carbons (Fsp3) is 0.800. The Kier molecular flexibility index (Phi) is 7.18. The normalized spacial score (nSPS) is 33.2. The van der Waals surface area contributed by atoms with Gasteiger partial charge in [0.2, 0.25) is 11.8 Å². The lowest BCUT2D eigenvalue weighted by Crippen LogP contribution is -2.57. The number of unbranched alkanes of at least 4 members (excludes halogenated alkanes) is 2. The number of rotatable bonds is 9. The first kappa shape index (κ1) is 24.6. The molecule has 8 heteroatoms. The first-order chi connectivity index (χ1) is 15.7. The summed E-state index contributed by atoms with van der Waals surface area (Å²) in [5.41, 5.74) is 0.0232. The van der Waals surface area contributed by atoms with Gasteiger partial charge in [-0.1, -0.05) is 33.6 Å². The molecule has 33 heavy (non-hydrogen) atoms. The van der Waals surface area contributed by atoms with Crippen molar-refractivity contribution in [3.05, 3.63) is 10.6 Å². The number of nitrogens with one attached hydrogen (secondary N) is 2. The smallest absolute Gasteiger partial charge is 0.226 e. The number of aliphatic hydroxyl groups excluding tert-OH is 2. The SMILES string of the molecule is CCCCCC(=O)Nc1nc2c(s1)C[C@@H]1[C@](C)(CO)[C@H](O)CC[C@@]1(C)[C@@H]2CC(=O)NC1CC1. The molecule has 0 radical (unpaired) electrons. The molecule has 1 aromatic heterocycles. The highest BCUT2D eigenvalue weighted by Gasteiger charge is 2.59.